The number of nitrogens with zero attached hydrogens (tertiary/aromatic N) is 2. The van der Waals surface area contributed by atoms with Crippen molar-refractivity contribution in [2.24, 2.45) is 5.92 Å². The third-order valence-electron chi connectivity index (χ3n) is 5.42. The number of rotatable bonds is 4. The Hall–Kier alpha value is -1.13. The largest absolute Gasteiger partial charge is 0.329 e. The van der Waals surface area contributed by atoms with E-state index in [-0.39, 0.29) is 5.56 Å². The molecule has 1 atom stereocenters. The molecule has 4 heteroatoms. The number of aromatic nitrogens is 1. The second kappa shape index (κ2) is 7.42. The summed E-state index contributed by atoms with van der Waals surface area (Å²) in [5.74, 6) is 1.42. The third kappa shape index (κ3) is 3.99. The van der Waals surface area contributed by atoms with Gasteiger partial charge in [0.25, 0.3) is 0 Å². The zero-order valence-corrected chi connectivity index (χ0v) is 13.8. The second-order valence-electron chi connectivity index (χ2n) is 6.96. The molecule has 0 radical (unpaired) electrons. The fraction of sp³-hybridized carbons (Fsp3) is 0.722. The van der Waals surface area contributed by atoms with E-state index in [9.17, 15) is 4.79 Å². The van der Waals surface area contributed by atoms with E-state index < -0.39 is 0 Å². The highest BCUT2D eigenvalue weighted by Crippen LogP contribution is 2.28. The maximum absolute atomic E-state index is 11.4. The summed E-state index contributed by atoms with van der Waals surface area (Å²) in [5, 5.41) is 0. The monoisotopic (exact) mass is 303 g/mol. The highest BCUT2D eigenvalue weighted by molar-refractivity contribution is 5.16. The van der Waals surface area contributed by atoms with Crippen LogP contribution in [-0.2, 0) is 0 Å². The Bertz CT molecular complexity index is 519. The predicted octanol–water partition coefficient (Wildman–Crippen LogP) is 2.29. The minimum atomic E-state index is 0.0294. The molecule has 0 aliphatic carbocycles. The van der Waals surface area contributed by atoms with Crippen molar-refractivity contribution in [2.75, 3.05) is 39.3 Å². The molecular weight excluding hydrogens is 274 g/mol. The van der Waals surface area contributed by atoms with E-state index >= 15 is 0 Å². The molecule has 22 heavy (non-hydrogen) atoms. The minimum absolute atomic E-state index is 0.0294. The Kier molecular flexibility index (Phi) is 5.32. The minimum Gasteiger partial charge on any atom is -0.329 e. The first kappa shape index (κ1) is 15.8. The van der Waals surface area contributed by atoms with E-state index in [0.29, 0.717) is 5.92 Å². The number of H-pyrrole nitrogens is 1. The smallest absolute Gasteiger partial charge is 0.248 e. The lowest BCUT2D eigenvalue weighted by atomic mass is 9.89. The van der Waals surface area contributed by atoms with Gasteiger partial charge in [-0.05, 0) is 75.3 Å². The number of hydrogen-bond acceptors (Lipinski definition) is 3. The van der Waals surface area contributed by atoms with Crippen LogP contribution in [0.1, 0.15) is 44.1 Å². The van der Waals surface area contributed by atoms with Crippen LogP contribution in [0.4, 0.5) is 0 Å². The lowest BCUT2D eigenvalue weighted by Crippen LogP contribution is -2.43. The van der Waals surface area contributed by atoms with Crippen molar-refractivity contribution in [3.8, 4) is 0 Å². The molecule has 1 N–H and O–H groups in total. The molecule has 0 bridgehead atoms. The quantitative estimate of drug-likeness (QED) is 0.927. The van der Waals surface area contributed by atoms with Crippen molar-refractivity contribution in [2.45, 2.75) is 38.5 Å². The molecule has 3 rings (SSSR count). The molecule has 2 fully saturated rings. The fourth-order valence-electron chi connectivity index (χ4n) is 4.12. The first-order valence-electron chi connectivity index (χ1n) is 8.88. The summed E-state index contributed by atoms with van der Waals surface area (Å²) < 4.78 is 0. The van der Waals surface area contributed by atoms with Crippen molar-refractivity contribution >= 4 is 0 Å². The Morgan fingerprint density at radius 3 is 2.73 bits per heavy atom. The van der Waals surface area contributed by atoms with E-state index in [1.54, 1.807) is 12.3 Å². The van der Waals surface area contributed by atoms with Gasteiger partial charge in [0, 0.05) is 25.4 Å². The van der Waals surface area contributed by atoms with Gasteiger partial charge in [0.15, 0.2) is 0 Å². The SMILES string of the molecule is CCN1CCC[C@H](CN2CCC(c3cc[nH]c(=O)c3)CC2)C1. The van der Waals surface area contributed by atoms with Gasteiger partial charge >= 0.3 is 0 Å². The zero-order valence-electron chi connectivity index (χ0n) is 13.8. The molecule has 0 unspecified atom stereocenters. The van der Waals surface area contributed by atoms with Crippen LogP contribution in [0.5, 0.6) is 0 Å². The van der Waals surface area contributed by atoms with Gasteiger partial charge < -0.3 is 14.8 Å². The Labute approximate surface area is 133 Å². The number of pyridine rings is 1. The summed E-state index contributed by atoms with van der Waals surface area (Å²) in [4.78, 5) is 19.4. The predicted molar refractivity (Wildman–Crippen MR) is 90.3 cm³/mol. The van der Waals surface area contributed by atoms with Crippen molar-refractivity contribution < 1.29 is 0 Å². The van der Waals surface area contributed by atoms with Gasteiger partial charge in [-0.25, -0.2) is 0 Å². The summed E-state index contributed by atoms with van der Waals surface area (Å²) in [5.41, 5.74) is 1.25. The van der Waals surface area contributed by atoms with Crippen LogP contribution in [0, 0.1) is 5.92 Å². The van der Waals surface area contributed by atoms with Crippen molar-refractivity contribution in [3.63, 3.8) is 0 Å². The lowest BCUT2D eigenvalue weighted by molar-refractivity contribution is 0.121. The zero-order chi connectivity index (χ0) is 15.4. The van der Waals surface area contributed by atoms with Gasteiger partial charge in [0.2, 0.25) is 5.56 Å². The molecule has 2 aliphatic heterocycles. The number of aromatic amines is 1. The maximum Gasteiger partial charge on any atom is 0.248 e. The Morgan fingerprint density at radius 1 is 1.18 bits per heavy atom. The summed E-state index contributed by atoms with van der Waals surface area (Å²) in [6, 6.07) is 3.85. The van der Waals surface area contributed by atoms with Gasteiger partial charge in [-0.3, -0.25) is 4.79 Å². The topological polar surface area (TPSA) is 39.3 Å². The van der Waals surface area contributed by atoms with Crippen LogP contribution in [0.25, 0.3) is 0 Å². The maximum atomic E-state index is 11.4. The summed E-state index contributed by atoms with van der Waals surface area (Å²) in [6.45, 7) is 9.66. The average Bonchev–Trinajstić information content (AvgIpc) is 2.56. The lowest BCUT2D eigenvalue weighted by Gasteiger charge is -2.38. The number of likely N-dealkylation sites (tertiary alicyclic amines) is 2. The molecule has 2 aliphatic rings. The highest BCUT2D eigenvalue weighted by Gasteiger charge is 2.25. The Morgan fingerprint density at radius 2 is 2.00 bits per heavy atom. The Balaban J connectivity index is 1.48. The van der Waals surface area contributed by atoms with Crippen molar-refractivity contribution in [3.05, 3.63) is 34.2 Å². The van der Waals surface area contributed by atoms with Crippen LogP contribution in [0.3, 0.4) is 0 Å². The molecule has 3 heterocycles. The van der Waals surface area contributed by atoms with E-state index in [2.05, 4.69) is 27.8 Å². The molecule has 122 valence electrons. The third-order valence-corrected chi connectivity index (χ3v) is 5.42. The highest BCUT2D eigenvalue weighted by atomic mass is 16.1. The van der Waals surface area contributed by atoms with Crippen LogP contribution in [-0.4, -0.2) is 54.1 Å². The summed E-state index contributed by atoms with van der Waals surface area (Å²) in [7, 11) is 0. The van der Waals surface area contributed by atoms with Crippen molar-refractivity contribution in [1.82, 2.24) is 14.8 Å². The van der Waals surface area contributed by atoms with Gasteiger partial charge in [0.1, 0.15) is 0 Å². The number of nitrogens with one attached hydrogen (secondary N) is 1. The van der Waals surface area contributed by atoms with Gasteiger partial charge in [0.05, 0.1) is 0 Å². The first-order valence-corrected chi connectivity index (χ1v) is 8.88. The standard InChI is InChI=1S/C18H29N3O/c1-2-20-9-3-4-15(13-20)14-21-10-6-16(7-11-21)17-5-8-19-18(22)12-17/h5,8,12,15-16H,2-4,6-7,9-11,13-14H2,1H3,(H,19,22)/t15-/m0/s1. The van der Waals surface area contributed by atoms with Gasteiger partial charge in [-0.1, -0.05) is 6.92 Å². The van der Waals surface area contributed by atoms with Gasteiger partial charge in [-0.2, -0.15) is 0 Å². The molecule has 0 amide bonds. The number of hydrogen-bond donors (Lipinski definition) is 1. The molecule has 4 nitrogen and oxygen atoms in total. The van der Waals surface area contributed by atoms with Crippen LogP contribution in [0.2, 0.25) is 0 Å². The first-order chi connectivity index (χ1) is 10.7. The molecule has 2 saturated heterocycles. The normalized spacial score (nSPS) is 25.4. The molecule has 1 aromatic rings. The molecule has 0 saturated carbocycles. The van der Waals surface area contributed by atoms with Crippen LogP contribution >= 0.6 is 0 Å². The number of piperidine rings is 2. The average molecular weight is 303 g/mol. The van der Waals surface area contributed by atoms with E-state index in [0.717, 1.165) is 5.92 Å². The summed E-state index contributed by atoms with van der Waals surface area (Å²) in [6.07, 6.45) is 6.92. The van der Waals surface area contributed by atoms with Crippen LogP contribution < -0.4 is 5.56 Å². The van der Waals surface area contributed by atoms with E-state index in [1.165, 1.54) is 70.5 Å². The summed E-state index contributed by atoms with van der Waals surface area (Å²) >= 11 is 0. The van der Waals surface area contributed by atoms with Gasteiger partial charge in [-0.15, -0.1) is 0 Å². The molecular formula is C18H29N3O. The van der Waals surface area contributed by atoms with Crippen LogP contribution in [0.15, 0.2) is 23.1 Å². The molecule has 1 aromatic heterocycles. The van der Waals surface area contributed by atoms with E-state index in [1.807, 2.05) is 0 Å². The van der Waals surface area contributed by atoms with E-state index in [4.69, 9.17) is 0 Å². The molecule has 0 spiro atoms. The fourth-order valence-corrected chi connectivity index (χ4v) is 4.12. The second-order valence-corrected chi connectivity index (χ2v) is 6.96. The van der Waals surface area contributed by atoms with Crippen molar-refractivity contribution in [1.29, 1.82) is 0 Å². The molecule has 0 aromatic carbocycles.